The van der Waals surface area contributed by atoms with Crippen molar-refractivity contribution in [1.82, 2.24) is 15.1 Å². The summed E-state index contributed by atoms with van der Waals surface area (Å²) in [4.78, 5) is 27.1. The Morgan fingerprint density at radius 3 is 2.67 bits per heavy atom. The Labute approximate surface area is 127 Å². The maximum absolute atomic E-state index is 13.7. The van der Waals surface area contributed by atoms with E-state index in [-0.39, 0.29) is 23.0 Å². The van der Waals surface area contributed by atoms with Crippen LogP contribution in [0.15, 0.2) is 18.2 Å². The van der Waals surface area contributed by atoms with Crippen LogP contribution < -0.4 is 5.32 Å². The number of nitrogens with one attached hydrogen (secondary N) is 1. The molecule has 2 rings (SSSR count). The van der Waals surface area contributed by atoms with Crippen LogP contribution in [0.1, 0.15) is 10.4 Å². The number of carbonyl (C=O) groups excluding carboxylic acids is 2. The minimum Gasteiger partial charge on any atom is -0.339 e. The first-order chi connectivity index (χ1) is 9.99. The van der Waals surface area contributed by atoms with Gasteiger partial charge in [-0.05, 0) is 18.2 Å². The van der Waals surface area contributed by atoms with Gasteiger partial charge in [0.1, 0.15) is 5.82 Å². The molecule has 1 saturated heterocycles. The summed E-state index contributed by atoms with van der Waals surface area (Å²) < 4.78 is 13.7. The van der Waals surface area contributed by atoms with E-state index >= 15 is 0 Å². The molecule has 1 heterocycles. The van der Waals surface area contributed by atoms with Crippen molar-refractivity contribution in [2.75, 3.05) is 39.8 Å². The fourth-order valence-electron chi connectivity index (χ4n) is 2.16. The first kappa shape index (κ1) is 15.7. The second-order valence-electron chi connectivity index (χ2n) is 4.92. The smallest absolute Gasteiger partial charge is 0.257 e. The summed E-state index contributed by atoms with van der Waals surface area (Å²) in [5.41, 5.74) is -0.0880. The Bertz CT molecular complexity index is 547. The number of piperazine rings is 1. The molecule has 114 valence electrons. The van der Waals surface area contributed by atoms with Crippen LogP contribution in [0.3, 0.4) is 0 Å². The first-order valence-corrected chi connectivity index (χ1v) is 7.06. The second kappa shape index (κ2) is 6.87. The van der Waals surface area contributed by atoms with Gasteiger partial charge in [-0.25, -0.2) is 4.39 Å². The fraction of sp³-hybridized carbons (Fsp3) is 0.429. The van der Waals surface area contributed by atoms with Crippen molar-refractivity contribution in [3.63, 3.8) is 0 Å². The van der Waals surface area contributed by atoms with E-state index in [1.807, 2.05) is 0 Å². The van der Waals surface area contributed by atoms with Crippen molar-refractivity contribution in [3.8, 4) is 0 Å². The maximum Gasteiger partial charge on any atom is 0.257 e. The molecule has 5 nitrogen and oxygen atoms in total. The number of hydrogen-bond donors (Lipinski definition) is 1. The summed E-state index contributed by atoms with van der Waals surface area (Å²) >= 11 is 5.66. The Balaban J connectivity index is 2.00. The van der Waals surface area contributed by atoms with Gasteiger partial charge in [-0.1, -0.05) is 11.6 Å². The summed E-state index contributed by atoms with van der Waals surface area (Å²) in [6.07, 6.45) is 0. The standard InChI is InChI=1S/C14H17ClFN3O2/c1-18(9-13(20)19-6-4-17-5-7-19)14(21)11-3-2-10(15)8-12(11)16/h2-3,8,17H,4-7,9H2,1H3. The molecule has 0 saturated carbocycles. The van der Waals surface area contributed by atoms with Crippen LogP contribution in [0.25, 0.3) is 0 Å². The molecule has 0 aromatic heterocycles. The van der Waals surface area contributed by atoms with Gasteiger partial charge in [0, 0.05) is 38.2 Å². The van der Waals surface area contributed by atoms with Crippen LogP contribution in [0.4, 0.5) is 4.39 Å². The van der Waals surface area contributed by atoms with Gasteiger partial charge in [-0.2, -0.15) is 0 Å². The van der Waals surface area contributed by atoms with E-state index in [1.54, 1.807) is 4.90 Å². The SMILES string of the molecule is CN(CC(=O)N1CCNCC1)C(=O)c1ccc(Cl)cc1F. The lowest BCUT2D eigenvalue weighted by Gasteiger charge is -2.29. The summed E-state index contributed by atoms with van der Waals surface area (Å²) in [6, 6.07) is 3.86. The van der Waals surface area contributed by atoms with E-state index < -0.39 is 11.7 Å². The Morgan fingerprint density at radius 2 is 2.05 bits per heavy atom. The van der Waals surface area contributed by atoms with Gasteiger partial charge in [0.05, 0.1) is 12.1 Å². The molecule has 1 fully saturated rings. The number of benzene rings is 1. The molecule has 0 spiro atoms. The zero-order valence-corrected chi connectivity index (χ0v) is 12.5. The van der Waals surface area contributed by atoms with Gasteiger partial charge in [0.15, 0.2) is 0 Å². The van der Waals surface area contributed by atoms with E-state index in [4.69, 9.17) is 11.6 Å². The number of rotatable bonds is 3. The number of nitrogens with zero attached hydrogens (tertiary/aromatic N) is 2. The Morgan fingerprint density at radius 1 is 1.38 bits per heavy atom. The largest absolute Gasteiger partial charge is 0.339 e. The quantitative estimate of drug-likeness (QED) is 0.905. The van der Waals surface area contributed by atoms with Crippen LogP contribution in [0.5, 0.6) is 0 Å². The minimum atomic E-state index is -0.686. The third-order valence-corrected chi connectivity index (χ3v) is 3.59. The molecular weight excluding hydrogens is 297 g/mol. The fourth-order valence-corrected chi connectivity index (χ4v) is 2.32. The summed E-state index contributed by atoms with van der Waals surface area (Å²) in [5.74, 6) is -1.36. The van der Waals surface area contributed by atoms with Gasteiger partial charge in [0.25, 0.3) is 5.91 Å². The number of carbonyl (C=O) groups is 2. The van der Waals surface area contributed by atoms with Crippen molar-refractivity contribution in [1.29, 1.82) is 0 Å². The first-order valence-electron chi connectivity index (χ1n) is 6.68. The molecule has 1 aliphatic heterocycles. The molecule has 1 N–H and O–H groups in total. The molecule has 7 heteroatoms. The molecule has 1 aromatic rings. The summed E-state index contributed by atoms with van der Waals surface area (Å²) in [5, 5.41) is 3.37. The zero-order chi connectivity index (χ0) is 15.4. The van der Waals surface area contributed by atoms with Crippen molar-refractivity contribution in [2.24, 2.45) is 0 Å². The number of amides is 2. The molecule has 1 aromatic carbocycles. The average molecular weight is 314 g/mol. The molecule has 21 heavy (non-hydrogen) atoms. The van der Waals surface area contributed by atoms with Gasteiger partial charge < -0.3 is 15.1 Å². The summed E-state index contributed by atoms with van der Waals surface area (Å²) in [6.45, 7) is 2.66. The molecule has 0 aliphatic carbocycles. The lowest BCUT2D eigenvalue weighted by Crippen LogP contribution is -2.49. The van der Waals surface area contributed by atoms with Crippen LogP contribution >= 0.6 is 11.6 Å². The molecule has 0 atom stereocenters. The number of halogens is 2. The highest BCUT2D eigenvalue weighted by Crippen LogP contribution is 2.16. The minimum absolute atomic E-state index is 0.0686. The van der Waals surface area contributed by atoms with Crippen LogP contribution in [-0.4, -0.2) is 61.4 Å². The van der Waals surface area contributed by atoms with Crippen molar-refractivity contribution < 1.29 is 14.0 Å². The highest BCUT2D eigenvalue weighted by molar-refractivity contribution is 6.30. The topological polar surface area (TPSA) is 52.7 Å². The lowest BCUT2D eigenvalue weighted by molar-refractivity contribution is -0.132. The highest BCUT2D eigenvalue weighted by Gasteiger charge is 2.22. The molecule has 0 unspecified atom stereocenters. The van der Waals surface area contributed by atoms with Crippen molar-refractivity contribution in [2.45, 2.75) is 0 Å². The second-order valence-corrected chi connectivity index (χ2v) is 5.35. The van der Waals surface area contributed by atoms with E-state index in [9.17, 15) is 14.0 Å². The van der Waals surface area contributed by atoms with Gasteiger partial charge in [-0.3, -0.25) is 9.59 Å². The molecule has 2 amide bonds. The van der Waals surface area contributed by atoms with E-state index in [2.05, 4.69) is 5.32 Å². The third-order valence-electron chi connectivity index (χ3n) is 3.35. The molecule has 0 radical (unpaired) electrons. The third kappa shape index (κ3) is 3.92. The van der Waals surface area contributed by atoms with Gasteiger partial charge in [0.2, 0.25) is 5.91 Å². The lowest BCUT2D eigenvalue weighted by atomic mass is 10.2. The van der Waals surface area contributed by atoms with E-state index in [0.717, 1.165) is 19.2 Å². The van der Waals surface area contributed by atoms with Crippen LogP contribution in [0, 0.1) is 5.82 Å². The monoisotopic (exact) mass is 313 g/mol. The van der Waals surface area contributed by atoms with Crippen LogP contribution in [-0.2, 0) is 4.79 Å². The highest BCUT2D eigenvalue weighted by atomic mass is 35.5. The molecular formula is C14H17ClFN3O2. The van der Waals surface area contributed by atoms with E-state index in [1.165, 1.54) is 24.1 Å². The van der Waals surface area contributed by atoms with Crippen molar-refractivity contribution in [3.05, 3.63) is 34.6 Å². The normalized spacial score (nSPS) is 14.9. The number of hydrogen-bond acceptors (Lipinski definition) is 3. The van der Waals surface area contributed by atoms with Gasteiger partial charge in [-0.15, -0.1) is 0 Å². The predicted molar refractivity (Wildman–Crippen MR) is 77.8 cm³/mol. The predicted octanol–water partition coefficient (Wildman–Crippen LogP) is 0.983. The average Bonchev–Trinajstić information content (AvgIpc) is 2.47. The Hall–Kier alpha value is -1.66. The van der Waals surface area contributed by atoms with Crippen LogP contribution in [0.2, 0.25) is 5.02 Å². The number of likely N-dealkylation sites (N-methyl/N-ethyl adjacent to an activating group) is 1. The zero-order valence-electron chi connectivity index (χ0n) is 11.7. The summed E-state index contributed by atoms with van der Waals surface area (Å²) in [7, 11) is 1.48. The van der Waals surface area contributed by atoms with Gasteiger partial charge >= 0.3 is 0 Å². The molecule has 1 aliphatic rings. The van der Waals surface area contributed by atoms with Crippen molar-refractivity contribution >= 4 is 23.4 Å². The molecule has 0 bridgehead atoms. The van der Waals surface area contributed by atoms with E-state index in [0.29, 0.717) is 13.1 Å². The maximum atomic E-state index is 13.7. The Kier molecular flexibility index (Phi) is 5.14.